The molecule has 8 nitrogen and oxygen atoms in total. The summed E-state index contributed by atoms with van der Waals surface area (Å²) in [7, 11) is 0. The lowest BCUT2D eigenvalue weighted by Gasteiger charge is -2.20. The van der Waals surface area contributed by atoms with Gasteiger partial charge in [-0.25, -0.2) is 4.79 Å². The van der Waals surface area contributed by atoms with Crippen molar-refractivity contribution in [1.29, 1.82) is 0 Å². The zero-order valence-corrected chi connectivity index (χ0v) is 13.3. The number of amides is 4. The standard InChI is InChI=1S/C14H23N3O5/c1-8(2)22-10-6-16(5-9(10)18)11(19)7-17-12(20)14(3,4)15-13(17)21/h8-10,18H,5-7H2,1-4H3,(H,15,21)/t9-,10-/m0/s1. The first-order chi connectivity index (χ1) is 10.1. The summed E-state index contributed by atoms with van der Waals surface area (Å²) in [5.41, 5.74) is -0.995. The maximum absolute atomic E-state index is 12.3. The Morgan fingerprint density at radius 3 is 2.55 bits per heavy atom. The maximum atomic E-state index is 12.3. The van der Waals surface area contributed by atoms with Gasteiger partial charge in [0.25, 0.3) is 5.91 Å². The Kier molecular flexibility index (Phi) is 4.44. The van der Waals surface area contributed by atoms with E-state index in [1.165, 1.54) is 4.90 Å². The van der Waals surface area contributed by atoms with Crippen LogP contribution in [-0.2, 0) is 14.3 Å². The summed E-state index contributed by atoms with van der Waals surface area (Å²) < 4.78 is 5.55. The van der Waals surface area contributed by atoms with Crippen LogP contribution >= 0.6 is 0 Å². The fourth-order valence-corrected chi connectivity index (χ4v) is 2.64. The third-order valence-electron chi connectivity index (χ3n) is 3.77. The molecule has 2 fully saturated rings. The number of likely N-dealkylation sites (tertiary alicyclic amines) is 1. The third-order valence-corrected chi connectivity index (χ3v) is 3.77. The van der Waals surface area contributed by atoms with Gasteiger partial charge in [-0.05, 0) is 27.7 Å². The van der Waals surface area contributed by atoms with Gasteiger partial charge in [-0.15, -0.1) is 0 Å². The zero-order valence-electron chi connectivity index (χ0n) is 13.3. The number of ether oxygens (including phenoxy) is 1. The summed E-state index contributed by atoms with van der Waals surface area (Å²) in [5.74, 6) is -0.810. The normalized spacial score (nSPS) is 27.7. The molecule has 0 bridgehead atoms. The molecule has 0 aromatic heterocycles. The Bertz CT molecular complexity index is 491. The Hall–Kier alpha value is -1.67. The number of β-amino-alcohol motifs (C(OH)–C–C–N with tert-alkyl or cyclic N) is 1. The van der Waals surface area contributed by atoms with Crippen molar-refractivity contribution in [2.45, 2.75) is 51.5 Å². The van der Waals surface area contributed by atoms with Gasteiger partial charge in [-0.2, -0.15) is 0 Å². The number of nitrogens with zero attached hydrogens (tertiary/aromatic N) is 2. The highest BCUT2D eigenvalue weighted by atomic mass is 16.5. The Labute approximate surface area is 129 Å². The van der Waals surface area contributed by atoms with Gasteiger partial charge in [0.2, 0.25) is 5.91 Å². The molecule has 0 aromatic carbocycles. The zero-order chi connectivity index (χ0) is 16.7. The molecule has 0 aromatic rings. The van der Waals surface area contributed by atoms with Gasteiger partial charge in [0, 0.05) is 13.1 Å². The molecule has 22 heavy (non-hydrogen) atoms. The lowest BCUT2D eigenvalue weighted by molar-refractivity contribution is -0.138. The molecule has 8 heteroatoms. The molecular weight excluding hydrogens is 290 g/mol. The second-order valence-corrected chi connectivity index (χ2v) is 6.54. The van der Waals surface area contributed by atoms with Crippen LogP contribution < -0.4 is 5.32 Å². The van der Waals surface area contributed by atoms with Gasteiger partial charge in [0.1, 0.15) is 18.2 Å². The van der Waals surface area contributed by atoms with E-state index >= 15 is 0 Å². The van der Waals surface area contributed by atoms with Gasteiger partial charge < -0.3 is 20.1 Å². The smallest absolute Gasteiger partial charge is 0.325 e. The van der Waals surface area contributed by atoms with Crippen LogP contribution in [0.5, 0.6) is 0 Å². The summed E-state index contributed by atoms with van der Waals surface area (Å²) in [4.78, 5) is 38.4. The average Bonchev–Trinajstić information content (AvgIpc) is 2.82. The molecule has 2 aliphatic heterocycles. The SMILES string of the molecule is CC(C)O[C@H]1CN(C(=O)CN2C(=O)NC(C)(C)C2=O)C[C@@H]1O. The van der Waals surface area contributed by atoms with Crippen molar-refractivity contribution in [3.63, 3.8) is 0 Å². The number of urea groups is 1. The molecule has 2 N–H and O–H groups in total. The van der Waals surface area contributed by atoms with E-state index in [4.69, 9.17) is 4.74 Å². The fourth-order valence-electron chi connectivity index (χ4n) is 2.64. The molecule has 2 atom stereocenters. The highest BCUT2D eigenvalue weighted by Gasteiger charge is 2.46. The van der Waals surface area contributed by atoms with Crippen molar-refractivity contribution in [3.05, 3.63) is 0 Å². The second-order valence-electron chi connectivity index (χ2n) is 6.54. The molecule has 2 heterocycles. The number of carbonyl (C=O) groups is 3. The monoisotopic (exact) mass is 313 g/mol. The van der Waals surface area contributed by atoms with Gasteiger partial charge in [-0.3, -0.25) is 14.5 Å². The predicted octanol–water partition coefficient (Wildman–Crippen LogP) is -0.686. The van der Waals surface area contributed by atoms with E-state index in [1.807, 2.05) is 13.8 Å². The highest BCUT2D eigenvalue weighted by molar-refractivity contribution is 6.08. The summed E-state index contributed by atoms with van der Waals surface area (Å²) in [6, 6.07) is -0.571. The average molecular weight is 313 g/mol. The molecule has 124 valence electrons. The largest absolute Gasteiger partial charge is 0.388 e. The molecule has 0 aliphatic carbocycles. The summed E-state index contributed by atoms with van der Waals surface area (Å²) in [5, 5.41) is 12.5. The van der Waals surface area contributed by atoms with E-state index in [0.29, 0.717) is 0 Å². The van der Waals surface area contributed by atoms with Crippen LogP contribution in [0.3, 0.4) is 0 Å². The van der Waals surface area contributed by atoms with Crippen molar-refractivity contribution < 1.29 is 24.2 Å². The summed E-state index contributed by atoms with van der Waals surface area (Å²) in [6.45, 7) is 6.95. The number of rotatable bonds is 4. The Morgan fingerprint density at radius 2 is 2.05 bits per heavy atom. The molecule has 0 unspecified atom stereocenters. The summed E-state index contributed by atoms with van der Waals surface area (Å²) in [6.07, 6.45) is -1.25. The molecular formula is C14H23N3O5. The van der Waals surface area contributed by atoms with Crippen LogP contribution in [0, 0.1) is 0 Å². The van der Waals surface area contributed by atoms with Crippen molar-refractivity contribution in [2.24, 2.45) is 0 Å². The Morgan fingerprint density at radius 1 is 1.41 bits per heavy atom. The predicted molar refractivity (Wildman–Crippen MR) is 76.9 cm³/mol. The lowest BCUT2D eigenvalue weighted by atomic mass is 10.1. The van der Waals surface area contributed by atoms with Crippen LogP contribution in [0.2, 0.25) is 0 Å². The van der Waals surface area contributed by atoms with Crippen molar-refractivity contribution in [1.82, 2.24) is 15.1 Å². The van der Waals surface area contributed by atoms with Crippen molar-refractivity contribution >= 4 is 17.8 Å². The van der Waals surface area contributed by atoms with E-state index in [0.717, 1.165) is 4.90 Å². The van der Waals surface area contributed by atoms with E-state index in [2.05, 4.69) is 5.32 Å². The topological polar surface area (TPSA) is 99.2 Å². The molecule has 0 saturated carbocycles. The van der Waals surface area contributed by atoms with Crippen LogP contribution in [0.4, 0.5) is 4.79 Å². The Balaban J connectivity index is 1.96. The molecule has 0 spiro atoms. The van der Waals surface area contributed by atoms with Crippen molar-refractivity contribution in [3.8, 4) is 0 Å². The van der Waals surface area contributed by atoms with Gasteiger partial charge in [0.15, 0.2) is 0 Å². The van der Waals surface area contributed by atoms with Gasteiger partial charge >= 0.3 is 6.03 Å². The van der Waals surface area contributed by atoms with Crippen molar-refractivity contribution in [2.75, 3.05) is 19.6 Å². The van der Waals surface area contributed by atoms with Gasteiger partial charge in [-0.1, -0.05) is 0 Å². The minimum atomic E-state index is -0.995. The first kappa shape index (κ1) is 16.7. The van der Waals surface area contributed by atoms with E-state index < -0.39 is 29.7 Å². The first-order valence-electron chi connectivity index (χ1n) is 7.37. The quantitative estimate of drug-likeness (QED) is 0.670. The lowest BCUT2D eigenvalue weighted by Crippen LogP contribution is -2.44. The van der Waals surface area contributed by atoms with Crippen LogP contribution in [0.15, 0.2) is 0 Å². The number of aliphatic hydroxyl groups excluding tert-OH is 1. The number of carbonyl (C=O) groups excluding carboxylic acids is 3. The minimum Gasteiger partial charge on any atom is -0.388 e. The van der Waals surface area contributed by atoms with Crippen LogP contribution in [0.1, 0.15) is 27.7 Å². The third kappa shape index (κ3) is 3.22. The molecule has 0 radical (unpaired) electrons. The number of imide groups is 1. The second kappa shape index (κ2) is 5.85. The fraction of sp³-hybridized carbons (Fsp3) is 0.786. The number of nitrogens with one attached hydrogen (secondary N) is 1. The first-order valence-corrected chi connectivity index (χ1v) is 7.37. The van der Waals surface area contributed by atoms with E-state index in [9.17, 15) is 19.5 Å². The van der Waals surface area contributed by atoms with Gasteiger partial charge in [0.05, 0.1) is 12.2 Å². The van der Waals surface area contributed by atoms with Crippen LogP contribution in [0.25, 0.3) is 0 Å². The molecule has 2 saturated heterocycles. The minimum absolute atomic E-state index is 0.0542. The molecule has 2 aliphatic rings. The number of hydrogen-bond acceptors (Lipinski definition) is 5. The molecule has 4 amide bonds. The number of hydrogen-bond donors (Lipinski definition) is 2. The van der Waals surface area contributed by atoms with E-state index in [-0.39, 0.29) is 31.6 Å². The highest BCUT2D eigenvalue weighted by Crippen LogP contribution is 2.19. The van der Waals surface area contributed by atoms with E-state index in [1.54, 1.807) is 13.8 Å². The maximum Gasteiger partial charge on any atom is 0.325 e. The number of aliphatic hydroxyl groups is 1. The van der Waals surface area contributed by atoms with Crippen LogP contribution in [-0.4, -0.2) is 76.2 Å². The molecule has 2 rings (SSSR count). The summed E-state index contributed by atoms with van der Waals surface area (Å²) >= 11 is 0.